The Morgan fingerprint density at radius 2 is 1.90 bits per heavy atom. The van der Waals surface area contributed by atoms with E-state index >= 15 is 0 Å². The number of carboxylic acid groups (broad SMARTS) is 1. The predicted octanol–water partition coefficient (Wildman–Crippen LogP) is 6.11. The minimum absolute atomic E-state index is 0.268. The molecule has 2 aromatic carbocycles. The largest absolute Gasteiger partial charge is 0.477 e. The van der Waals surface area contributed by atoms with Crippen LogP contribution in [0.3, 0.4) is 0 Å². The molecule has 0 fully saturated rings. The first-order valence-electron chi connectivity index (χ1n) is 9.29. The van der Waals surface area contributed by atoms with Crippen LogP contribution in [0.15, 0.2) is 46.1 Å². The Morgan fingerprint density at radius 3 is 2.45 bits per heavy atom. The van der Waals surface area contributed by atoms with Crippen molar-refractivity contribution in [3.63, 3.8) is 0 Å². The van der Waals surface area contributed by atoms with E-state index in [1.807, 2.05) is 13.2 Å². The summed E-state index contributed by atoms with van der Waals surface area (Å²) in [7, 11) is 0. The van der Waals surface area contributed by atoms with Gasteiger partial charge in [-0.1, -0.05) is 35.3 Å². The van der Waals surface area contributed by atoms with E-state index in [0.717, 1.165) is 4.90 Å². The Hall–Kier alpha value is -2.72. The third-order valence-corrected chi connectivity index (χ3v) is 6.57. The van der Waals surface area contributed by atoms with Crippen molar-refractivity contribution in [2.24, 2.45) is 0 Å². The Kier molecular flexibility index (Phi) is 6.80. The van der Waals surface area contributed by atoms with Crippen molar-refractivity contribution in [2.45, 2.75) is 25.3 Å². The highest BCUT2D eigenvalue weighted by Crippen LogP contribution is 2.36. The van der Waals surface area contributed by atoms with Crippen molar-refractivity contribution in [1.82, 2.24) is 4.57 Å². The molecule has 5 nitrogen and oxygen atoms in total. The number of benzene rings is 2. The van der Waals surface area contributed by atoms with E-state index in [9.17, 15) is 20.0 Å². The number of pyridine rings is 1. The fourth-order valence-corrected chi connectivity index (χ4v) is 4.59. The first-order chi connectivity index (χ1) is 14.7. The lowest BCUT2D eigenvalue weighted by atomic mass is 9.95. The molecular formula is C23H18Cl2N2O3S. The molecule has 0 aliphatic rings. The van der Waals surface area contributed by atoms with Crippen LogP contribution in [0.25, 0.3) is 22.4 Å². The number of halogens is 2. The van der Waals surface area contributed by atoms with Crippen LogP contribution in [0.2, 0.25) is 10.0 Å². The van der Waals surface area contributed by atoms with Crippen molar-refractivity contribution < 1.29 is 9.90 Å². The molecule has 8 heteroatoms. The average Bonchev–Trinajstić information content (AvgIpc) is 2.75. The Bertz CT molecular complexity index is 1310. The SMILES string of the molecule is CCn1c(C)c(-c2ccc(C#N)cc2SC)c(=O)c(C(=O)O)c1-c1ccc(Cl)c(Cl)c1. The van der Waals surface area contributed by atoms with Crippen molar-refractivity contribution >= 4 is 40.9 Å². The standard InChI is InChI=1S/C23H18Cl2N2O3S/c1-4-27-12(2)19(15-7-5-13(11-26)9-18(15)31-3)22(28)20(23(29)30)21(27)14-6-8-16(24)17(25)10-14/h5-10H,4H2,1-3H3,(H,29,30). The Morgan fingerprint density at radius 1 is 1.19 bits per heavy atom. The van der Waals surface area contributed by atoms with Gasteiger partial charge < -0.3 is 9.67 Å². The molecule has 0 saturated heterocycles. The van der Waals surface area contributed by atoms with Crippen molar-refractivity contribution in [2.75, 3.05) is 6.26 Å². The zero-order valence-corrected chi connectivity index (χ0v) is 19.3. The molecule has 0 unspecified atom stereocenters. The number of carboxylic acids is 1. The van der Waals surface area contributed by atoms with E-state index in [1.54, 1.807) is 47.9 Å². The van der Waals surface area contributed by atoms with Gasteiger partial charge in [0.15, 0.2) is 0 Å². The molecule has 0 bridgehead atoms. The fourth-order valence-electron chi connectivity index (χ4n) is 3.66. The number of hydrogen-bond acceptors (Lipinski definition) is 4. The second kappa shape index (κ2) is 9.19. The molecule has 0 aliphatic carbocycles. The summed E-state index contributed by atoms with van der Waals surface area (Å²) in [6.45, 7) is 4.09. The number of rotatable bonds is 5. The zero-order chi connectivity index (χ0) is 22.9. The Balaban J connectivity index is 2.47. The molecule has 0 spiro atoms. The van der Waals surface area contributed by atoms with Crippen LogP contribution in [-0.2, 0) is 6.54 Å². The molecule has 3 aromatic rings. The van der Waals surface area contributed by atoms with Crippen molar-refractivity contribution in [3.05, 3.63) is 73.5 Å². The lowest BCUT2D eigenvalue weighted by Gasteiger charge is -2.22. The quantitative estimate of drug-likeness (QED) is 0.452. The number of nitrogens with zero attached hydrogens (tertiary/aromatic N) is 2. The van der Waals surface area contributed by atoms with Crippen molar-refractivity contribution in [3.8, 4) is 28.5 Å². The second-order valence-electron chi connectivity index (χ2n) is 6.72. The van der Waals surface area contributed by atoms with Gasteiger partial charge in [-0.2, -0.15) is 5.26 Å². The number of thioether (sulfide) groups is 1. The number of aromatic carboxylic acids is 1. The number of carbonyl (C=O) groups is 1. The van der Waals surface area contributed by atoms with Crippen LogP contribution < -0.4 is 5.43 Å². The normalized spacial score (nSPS) is 10.7. The summed E-state index contributed by atoms with van der Waals surface area (Å²) in [6.07, 6.45) is 1.84. The second-order valence-corrected chi connectivity index (χ2v) is 8.38. The summed E-state index contributed by atoms with van der Waals surface area (Å²) in [5.74, 6) is -1.33. The minimum Gasteiger partial charge on any atom is -0.477 e. The smallest absolute Gasteiger partial charge is 0.341 e. The van der Waals surface area contributed by atoms with E-state index in [0.29, 0.717) is 39.5 Å². The van der Waals surface area contributed by atoms with Crippen LogP contribution in [0.5, 0.6) is 0 Å². The van der Waals surface area contributed by atoms with Gasteiger partial charge in [0.25, 0.3) is 0 Å². The lowest BCUT2D eigenvalue weighted by Crippen LogP contribution is -2.25. The number of hydrogen-bond donors (Lipinski definition) is 1. The molecule has 158 valence electrons. The predicted molar refractivity (Wildman–Crippen MR) is 125 cm³/mol. The molecule has 0 aliphatic heterocycles. The maximum atomic E-state index is 13.5. The summed E-state index contributed by atoms with van der Waals surface area (Å²) in [4.78, 5) is 26.5. The monoisotopic (exact) mass is 472 g/mol. The third-order valence-electron chi connectivity index (χ3n) is 5.05. The lowest BCUT2D eigenvalue weighted by molar-refractivity contribution is 0.0695. The summed E-state index contributed by atoms with van der Waals surface area (Å²) < 4.78 is 1.79. The molecule has 0 saturated carbocycles. The third kappa shape index (κ3) is 4.09. The van der Waals surface area contributed by atoms with E-state index in [2.05, 4.69) is 6.07 Å². The first kappa shape index (κ1) is 23.0. The summed E-state index contributed by atoms with van der Waals surface area (Å²) in [5.41, 5.74) is 1.83. The van der Waals surface area contributed by atoms with Crippen LogP contribution in [0, 0.1) is 18.3 Å². The molecule has 0 atom stereocenters. The minimum atomic E-state index is -1.33. The van der Waals surface area contributed by atoms with Gasteiger partial charge >= 0.3 is 5.97 Å². The van der Waals surface area contributed by atoms with Crippen molar-refractivity contribution in [1.29, 1.82) is 5.26 Å². The van der Waals surface area contributed by atoms with Gasteiger partial charge in [0.05, 0.1) is 32.9 Å². The van der Waals surface area contributed by atoms with Crippen LogP contribution >= 0.6 is 35.0 Å². The summed E-state index contributed by atoms with van der Waals surface area (Å²) >= 11 is 13.6. The highest BCUT2D eigenvalue weighted by Gasteiger charge is 2.26. The van der Waals surface area contributed by atoms with Gasteiger partial charge in [0.2, 0.25) is 5.43 Å². The Labute approximate surface area is 193 Å². The van der Waals surface area contributed by atoms with Gasteiger partial charge in [-0.15, -0.1) is 11.8 Å². The first-order valence-corrected chi connectivity index (χ1v) is 11.3. The van der Waals surface area contributed by atoms with E-state index in [4.69, 9.17) is 23.2 Å². The highest BCUT2D eigenvalue weighted by atomic mass is 35.5. The topological polar surface area (TPSA) is 83.1 Å². The zero-order valence-electron chi connectivity index (χ0n) is 17.0. The van der Waals surface area contributed by atoms with Gasteiger partial charge in [-0.3, -0.25) is 4.79 Å². The number of aromatic nitrogens is 1. The average molecular weight is 473 g/mol. The fraction of sp³-hybridized carbons (Fsp3) is 0.174. The van der Waals surface area contributed by atoms with Gasteiger partial charge in [-0.25, -0.2) is 4.79 Å². The molecular weight excluding hydrogens is 455 g/mol. The maximum absolute atomic E-state index is 13.5. The summed E-state index contributed by atoms with van der Waals surface area (Å²) in [6, 6.07) is 11.9. The number of nitriles is 1. The van der Waals surface area contributed by atoms with E-state index < -0.39 is 11.4 Å². The van der Waals surface area contributed by atoms with E-state index in [1.165, 1.54) is 11.8 Å². The molecule has 1 aromatic heterocycles. The molecule has 1 heterocycles. The molecule has 0 radical (unpaired) electrons. The van der Waals surface area contributed by atoms with Crippen LogP contribution in [0.4, 0.5) is 0 Å². The maximum Gasteiger partial charge on any atom is 0.341 e. The van der Waals surface area contributed by atoms with Gasteiger partial charge in [0, 0.05) is 28.3 Å². The highest BCUT2D eigenvalue weighted by molar-refractivity contribution is 7.98. The van der Waals surface area contributed by atoms with Gasteiger partial charge in [-0.05, 0) is 44.4 Å². The van der Waals surface area contributed by atoms with Crippen LogP contribution in [-0.4, -0.2) is 21.9 Å². The molecule has 3 rings (SSSR count). The van der Waals surface area contributed by atoms with Crippen LogP contribution in [0.1, 0.15) is 28.5 Å². The summed E-state index contributed by atoms with van der Waals surface area (Å²) in [5, 5.41) is 19.8. The molecule has 31 heavy (non-hydrogen) atoms. The molecule has 0 amide bonds. The van der Waals surface area contributed by atoms with E-state index in [-0.39, 0.29) is 16.3 Å². The van der Waals surface area contributed by atoms with Gasteiger partial charge in [0.1, 0.15) is 5.56 Å². The molecule has 1 N–H and O–H groups in total.